The molecule has 3 aromatic rings. The van der Waals surface area contributed by atoms with Crippen LogP contribution in [0.3, 0.4) is 0 Å². The Hall–Kier alpha value is -4.90. The molecule has 0 bridgehead atoms. The summed E-state index contributed by atoms with van der Waals surface area (Å²) in [6.45, 7) is 30.6. The number of anilines is 3. The lowest BCUT2D eigenvalue weighted by atomic mass is 9.86. The number of rotatable bonds is 12. The van der Waals surface area contributed by atoms with E-state index in [1.807, 2.05) is 0 Å². The molecular weight excluding hydrogens is 587 g/mol. The summed E-state index contributed by atoms with van der Waals surface area (Å²) in [6, 6.07) is 21.6. The SMILES string of the molecule is C=C(CC)Nc1cc(NC2=CC(c3cccc(NC(=C)c4ccc(C(C)(C)C)cc4)c3CC)=CN(C)C2=C)ccc1C(=C)N1CCCC1. The van der Waals surface area contributed by atoms with Gasteiger partial charge in [0.2, 0.25) is 0 Å². The van der Waals surface area contributed by atoms with Crippen molar-refractivity contribution in [3.05, 3.63) is 144 Å². The Balaban J connectivity index is 1.42. The van der Waals surface area contributed by atoms with Gasteiger partial charge in [-0.05, 0) is 83.7 Å². The van der Waals surface area contributed by atoms with Crippen LogP contribution in [-0.4, -0.2) is 29.9 Å². The predicted molar refractivity (Wildman–Crippen MR) is 210 cm³/mol. The Bertz CT molecular complexity index is 1770. The minimum Gasteiger partial charge on any atom is -0.371 e. The number of allylic oxidation sites excluding steroid dienone is 3. The van der Waals surface area contributed by atoms with Crippen LogP contribution in [0.2, 0.25) is 0 Å². The van der Waals surface area contributed by atoms with Gasteiger partial charge in [0.05, 0.1) is 11.4 Å². The maximum Gasteiger partial charge on any atom is 0.0625 e. The average molecular weight is 640 g/mol. The van der Waals surface area contributed by atoms with Gasteiger partial charge < -0.3 is 25.8 Å². The van der Waals surface area contributed by atoms with Crippen LogP contribution in [0.25, 0.3) is 17.0 Å². The molecular formula is C43H53N5. The second-order valence-corrected chi connectivity index (χ2v) is 13.9. The minimum atomic E-state index is 0.111. The molecule has 1 saturated heterocycles. The molecule has 0 amide bonds. The first-order valence-electron chi connectivity index (χ1n) is 17.2. The maximum atomic E-state index is 4.47. The van der Waals surface area contributed by atoms with Gasteiger partial charge in [-0.2, -0.15) is 0 Å². The molecule has 5 rings (SSSR count). The van der Waals surface area contributed by atoms with Gasteiger partial charge in [0, 0.05) is 71.6 Å². The summed E-state index contributed by atoms with van der Waals surface area (Å²) >= 11 is 0. The third kappa shape index (κ3) is 7.62. The molecule has 2 aliphatic rings. The number of likely N-dealkylation sites (N-methyl/N-ethyl adjacent to an activating group) is 1. The largest absolute Gasteiger partial charge is 0.371 e. The van der Waals surface area contributed by atoms with Gasteiger partial charge in [0.15, 0.2) is 0 Å². The van der Waals surface area contributed by atoms with E-state index in [-0.39, 0.29) is 5.41 Å². The van der Waals surface area contributed by atoms with Crippen molar-refractivity contribution in [2.24, 2.45) is 0 Å². The van der Waals surface area contributed by atoms with Gasteiger partial charge in [-0.1, -0.05) is 97.3 Å². The van der Waals surface area contributed by atoms with Crippen molar-refractivity contribution in [2.75, 3.05) is 36.1 Å². The zero-order valence-corrected chi connectivity index (χ0v) is 29.9. The molecule has 0 unspecified atom stereocenters. The highest BCUT2D eigenvalue weighted by Crippen LogP contribution is 2.36. The number of nitrogens with one attached hydrogen (secondary N) is 3. The molecule has 2 heterocycles. The molecule has 5 heteroatoms. The highest BCUT2D eigenvalue weighted by atomic mass is 15.2. The molecule has 2 aliphatic heterocycles. The molecule has 0 saturated carbocycles. The minimum absolute atomic E-state index is 0.111. The Morgan fingerprint density at radius 3 is 2.23 bits per heavy atom. The number of hydrogen-bond donors (Lipinski definition) is 3. The van der Waals surface area contributed by atoms with E-state index in [0.29, 0.717) is 0 Å². The van der Waals surface area contributed by atoms with E-state index >= 15 is 0 Å². The molecule has 250 valence electrons. The van der Waals surface area contributed by atoms with E-state index < -0.39 is 0 Å². The smallest absolute Gasteiger partial charge is 0.0625 e. The molecule has 48 heavy (non-hydrogen) atoms. The molecule has 0 radical (unpaired) electrons. The number of benzene rings is 3. The lowest BCUT2D eigenvalue weighted by molar-refractivity contribution is 0.494. The number of likely N-dealkylation sites (tertiary alicyclic amines) is 1. The van der Waals surface area contributed by atoms with Gasteiger partial charge in [-0.25, -0.2) is 0 Å². The maximum absolute atomic E-state index is 4.47. The fourth-order valence-electron chi connectivity index (χ4n) is 6.34. The van der Waals surface area contributed by atoms with E-state index in [2.05, 4.69) is 167 Å². The molecule has 0 aromatic heterocycles. The van der Waals surface area contributed by atoms with Crippen molar-refractivity contribution in [3.8, 4) is 0 Å². The summed E-state index contributed by atoms with van der Waals surface area (Å²) in [5.74, 6) is 0. The predicted octanol–water partition coefficient (Wildman–Crippen LogP) is 10.8. The van der Waals surface area contributed by atoms with Crippen LogP contribution < -0.4 is 16.0 Å². The van der Waals surface area contributed by atoms with E-state index in [1.54, 1.807) is 0 Å². The van der Waals surface area contributed by atoms with Gasteiger partial charge in [-0.3, -0.25) is 0 Å². The molecule has 0 atom stereocenters. The molecule has 5 nitrogen and oxygen atoms in total. The summed E-state index contributed by atoms with van der Waals surface area (Å²) in [5.41, 5.74) is 15.0. The monoisotopic (exact) mass is 639 g/mol. The summed E-state index contributed by atoms with van der Waals surface area (Å²) < 4.78 is 0. The summed E-state index contributed by atoms with van der Waals surface area (Å²) in [4.78, 5) is 4.47. The molecule has 1 fully saturated rings. The van der Waals surface area contributed by atoms with Crippen molar-refractivity contribution >= 4 is 34.0 Å². The molecule has 0 spiro atoms. The Labute approximate surface area is 289 Å². The van der Waals surface area contributed by atoms with E-state index in [0.717, 1.165) is 88.2 Å². The first kappa shape index (κ1) is 34.4. The Morgan fingerprint density at radius 1 is 0.875 bits per heavy atom. The fraction of sp³-hybridized carbons (Fsp3) is 0.302. The normalized spacial score (nSPS) is 14.8. The van der Waals surface area contributed by atoms with Crippen molar-refractivity contribution in [1.82, 2.24) is 9.80 Å². The van der Waals surface area contributed by atoms with E-state index in [9.17, 15) is 0 Å². The van der Waals surface area contributed by atoms with Crippen LogP contribution in [0.5, 0.6) is 0 Å². The van der Waals surface area contributed by atoms with Gasteiger partial charge >= 0.3 is 0 Å². The van der Waals surface area contributed by atoms with Crippen LogP contribution in [0.4, 0.5) is 17.1 Å². The Kier molecular flexibility index (Phi) is 10.4. The van der Waals surface area contributed by atoms with E-state index in [1.165, 1.54) is 29.5 Å². The summed E-state index contributed by atoms with van der Waals surface area (Å²) in [6.07, 6.45) is 8.50. The van der Waals surface area contributed by atoms with Gasteiger partial charge in [0.1, 0.15) is 0 Å². The second-order valence-electron chi connectivity index (χ2n) is 13.9. The lowest BCUT2D eigenvalue weighted by Crippen LogP contribution is -2.20. The number of hydrogen-bond acceptors (Lipinski definition) is 5. The second kappa shape index (κ2) is 14.5. The molecule has 0 aliphatic carbocycles. The van der Waals surface area contributed by atoms with Gasteiger partial charge in [-0.15, -0.1) is 0 Å². The third-order valence-electron chi connectivity index (χ3n) is 9.43. The highest BCUT2D eigenvalue weighted by Gasteiger charge is 2.21. The zero-order valence-electron chi connectivity index (χ0n) is 29.9. The quantitative estimate of drug-likeness (QED) is 0.184. The lowest BCUT2D eigenvalue weighted by Gasteiger charge is -2.28. The summed E-state index contributed by atoms with van der Waals surface area (Å²) in [5, 5.41) is 10.9. The molecule has 3 N–H and O–H groups in total. The standard InChI is InChI=1S/C43H53N5/c1-11-29(3)44-42-27-36(22-23-38(42)31(5)48-24-13-14-25-48)46-41-26-34(28-47(10)32(41)6)39-16-15-17-40(37(39)12-2)45-30(4)33-18-20-35(21-19-33)43(7,8)9/h15-23,26-28,44-46H,3-6,11-14,24-25H2,1-2,7-10H3. The average Bonchev–Trinajstić information content (AvgIpc) is 3.61. The Morgan fingerprint density at radius 2 is 1.58 bits per heavy atom. The van der Waals surface area contributed by atoms with Crippen molar-refractivity contribution in [1.29, 1.82) is 0 Å². The summed E-state index contributed by atoms with van der Waals surface area (Å²) in [7, 11) is 2.05. The van der Waals surface area contributed by atoms with Gasteiger partial charge in [0.25, 0.3) is 0 Å². The topological polar surface area (TPSA) is 42.6 Å². The van der Waals surface area contributed by atoms with Crippen LogP contribution in [0.1, 0.15) is 81.7 Å². The molecule has 3 aromatic carbocycles. The van der Waals surface area contributed by atoms with Crippen LogP contribution in [-0.2, 0) is 11.8 Å². The van der Waals surface area contributed by atoms with E-state index in [4.69, 9.17) is 0 Å². The third-order valence-corrected chi connectivity index (χ3v) is 9.43. The van der Waals surface area contributed by atoms with Crippen LogP contribution in [0.15, 0.2) is 116 Å². The highest BCUT2D eigenvalue weighted by molar-refractivity contribution is 5.86. The van der Waals surface area contributed by atoms with Crippen LogP contribution in [0, 0.1) is 0 Å². The number of nitrogens with zero attached hydrogens (tertiary/aromatic N) is 2. The first-order chi connectivity index (χ1) is 22.9. The van der Waals surface area contributed by atoms with Crippen LogP contribution >= 0.6 is 0 Å². The van der Waals surface area contributed by atoms with Crippen molar-refractivity contribution in [3.63, 3.8) is 0 Å². The first-order valence-corrected chi connectivity index (χ1v) is 17.2. The fourth-order valence-corrected chi connectivity index (χ4v) is 6.34. The zero-order chi connectivity index (χ0) is 34.6. The van der Waals surface area contributed by atoms with Crippen molar-refractivity contribution < 1.29 is 0 Å². The van der Waals surface area contributed by atoms with Crippen molar-refractivity contribution in [2.45, 2.75) is 65.7 Å².